The zero-order valence-electron chi connectivity index (χ0n) is 27.0. The minimum absolute atomic E-state index is 1.12. The highest BCUT2D eigenvalue weighted by atomic mass is 15.1. The van der Waals surface area contributed by atoms with Gasteiger partial charge in [0.15, 0.2) is 0 Å². The molecule has 0 atom stereocenters. The minimum atomic E-state index is 1.12. The van der Waals surface area contributed by atoms with Crippen molar-refractivity contribution in [2.75, 3.05) is 4.90 Å². The second-order valence-electron chi connectivity index (χ2n) is 12.6. The molecule has 0 aliphatic carbocycles. The van der Waals surface area contributed by atoms with E-state index >= 15 is 0 Å². The molecule has 0 amide bonds. The molecule has 0 spiro atoms. The Hall–Kier alpha value is -6.44. The number of nitrogens with zero attached hydrogens (tertiary/aromatic N) is 1. The van der Waals surface area contributed by atoms with Gasteiger partial charge in [0.05, 0.1) is 0 Å². The highest BCUT2D eigenvalue weighted by Gasteiger charge is 2.14. The van der Waals surface area contributed by atoms with E-state index in [4.69, 9.17) is 0 Å². The maximum absolute atomic E-state index is 2.33. The van der Waals surface area contributed by atoms with Gasteiger partial charge in [-0.25, -0.2) is 0 Å². The summed E-state index contributed by atoms with van der Waals surface area (Å²) in [5.41, 5.74) is 10.7. The van der Waals surface area contributed by atoms with Gasteiger partial charge in [0.1, 0.15) is 0 Å². The van der Waals surface area contributed by atoms with Gasteiger partial charge >= 0.3 is 0 Å². The topological polar surface area (TPSA) is 3.24 Å². The third kappa shape index (κ3) is 5.32. The van der Waals surface area contributed by atoms with Crippen LogP contribution in [0.1, 0.15) is 0 Å². The molecule has 9 rings (SSSR count). The predicted octanol–water partition coefficient (Wildman–Crippen LogP) is 13.6. The molecule has 0 bridgehead atoms. The molecule has 0 aliphatic rings. The molecule has 1 heteroatoms. The van der Waals surface area contributed by atoms with Crippen LogP contribution in [-0.2, 0) is 0 Å². The Morgan fingerprint density at radius 1 is 0.245 bits per heavy atom. The van der Waals surface area contributed by atoms with E-state index in [-0.39, 0.29) is 0 Å². The molecular formula is C48H33N. The van der Waals surface area contributed by atoms with E-state index in [1.54, 1.807) is 0 Å². The van der Waals surface area contributed by atoms with Crippen LogP contribution in [0, 0.1) is 0 Å². The van der Waals surface area contributed by atoms with Crippen LogP contribution < -0.4 is 4.90 Å². The monoisotopic (exact) mass is 623 g/mol. The van der Waals surface area contributed by atoms with Gasteiger partial charge in [-0.1, -0.05) is 158 Å². The first-order valence-corrected chi connectivity index (χ1v) is 16.8. The molecule has 0 heterocycles. The van der Waals surface area contributed by atoms with Crippen molar-refractivity contribution in [3.8, 4) is 33.4 Å². The van der Waals surface area contributed by atoms with Crippen molar-refractivity contribution >= 4 is 49.4 Å². The van der Waals surface area contributed by atoms with Crippen LogP contribution in [0.15, 0.2) is 200 Å². The van der Waals surface area contributed by atoms with E-state index in [0.29, 0.717) is 0 Å². The summed E-state index contributed by atoms with van der Waals surface area (Å²) in [5, 5.41) is 7.72. The second-order valence-corrected chi connectivity index (χ2v) is 12.6. The van der Waals surface area contributed by atoms with Crippen molar-refractivity contribution < 1.29 is 0 Å². The molecule has 49 heavy (non-hydrogen) atoms. The minimum Gasteiger partial charge on any atom is -0.311 e. The molecule has 9 aromatic rings. The van der Waals surface area contributed by atoms with Crippen molar-refractivity contribution in [2.45, 2.75) is 0 Å². The first kappa shape index (κ1) is 28.8. The van der Waals surface area contributed by atoms with Gasteiger partial charge in [0.25, 0.3) is 0 Å². The van der Waals surface area contributed by atoms with Gasteiger partial charge in [0, 0.05) is 17.1 Å². The zero-order valence-corrected chi connectivity index (χ0v) is 27.0. The van der Waals surface area contributed by atoms with Crippen molar-refractivity contribution in [3.05, 3.63) is 200 Å². The van der Waals surface area contributed by atoms with E-state index < -0.39 is 0 Å². The zero-order chi connectivity index (χ0) is 32.6. The molecule has 0 N–H and O–H groups in total. The predicted molar refractivity (Wildman–Crippen MR) is 210 cm³/mol. The number of hydrogen-bond acceptors (Lipinski definition) is 1. The Kier molecular flexibility index (Phi) is 7.22. The lowest BCUT2D eigenvalue weighted by Gasteiger charge is -2.26. The fourth-order valence-corrected chi connectivity index (χ4v) is 7.23. The number of benzene rings is 9. The van der Waals surface area contributed by atoms with Crippen molar-refractivity contribution in [1.82, 2.24) is 0 Å². The quantitative estimate of drug-likeness (QED) is 0.167. The van der Waals surface area contributed by atoms with E-state index in [0.717, 1.165) is 17.1 Å². The van der Waals surface area contributed by atoms with Crippen molar-refractivity contribution in [3.63, 3.8) is 0 Å². The number of rotatable bonds is 6. The second kappa shape index (κ2) is 12.3. The Balaban J connectivity index is 1.06. The molecule has 0 saturated carbocycles. The SMILES string of the molecule is c1ccc(-c2ccccc2-c2ccc(N(c3ccccc3)c3ccc(-c4ccc5c(ccc6c7ccccc7ccc56)c4)cc3)cc2)cc1. The molecule has 0 aliphatic heterocycles. The Morgan fingerprint density at radius 2 is 0.694 bits per heavy atom. The highest BCUT2D eigenvalue weighted by Crippen LogP contribution is 2.39. The molecule has 0 fully saturated rings. The van der Waals surface area contributed by atoms with Crippen LogP contribution in [0.2, 0.25) is 0 Å². The Labute approximate surface area is 287 Å². The van der Waals surface area contributed by atoms with E-state index in [2.05, 4.69) is 205 Å². The molecular weight excluding hydrogens is 591 g/mol. The van der Waals surface area contributed by atoms with Crippen LogP contribution in [0.3, 0.4) is 0 Å². The number of hydrogen-bond donors (Lipinski definition) is 0. The maximum Gasteiger partial charge on any atom is 0.0462 e. The average Bonchev–Trinajstić information content (AvgIpc) is 3.19. The molecule has 230 valence electrons. The van der Waals surface area contributed by atoms with Crippen LogP contribution in [0.25, 0.3) is 65.7 Å². The molecule has 9 aromatic carbocycles. The summed E-state index contributed by atoms with van der Waals surface area (Å²) in [6.07, 6.45) is 0. The fraction of sp³-hybridized carbons (Fsp3) is 0. The first-order valence-electron chi connectivity index (χ1n) is 16.8. The molecule has 0 unspecified atom stereocenters. The summed E-state index contributed by atoms with van der Waals surface area (Å²) in [5.74, 6) is 0. The lowest BCUT2D eigenvalue weighted by atomic mass is 9.94. The van der Waals surface area contributed by atoms with Gasteiger partial charge in [-0.15, -0.1) is 0 Å². The smallest absolute Gasteiger partial charge is 0.0462 e. The lowest BCUT2D eigenvalue weighted by Crippen LogP contribution is -2.09. The number of anilines is 3. The Bertz CT molecular complexity index is 2570. The van der Waals surface area contributed by atoms with Crippen LogP contribution in [0.5, 0.6) is 0 Å². The van der Waals surface area contributed by atoms with Crippen LogP contribution in [0.4, 0.5) is 17.1 Å². The van der Waals surface area contributed by atoms with Crippen molar-refractivity contribution in [1.29, 1.82) is 0 Å². The summed E-state index contributed by atoms with van der Waals surface area (Å²) in [6.45, 7) is 0. The van der Waals surface area contributed by atoms with Gasteiger partial charge in [0.2, 0.25) is 0 Å². The first-order chi connectivity index (χ1) is 24.3. The van der Waals surface area contributed by atoms with Gasteiger partial charge < -0.3 is 4.90 Å². The normalized spacial score (nSPS) is 11.3. The highest BCUT2D eigenvalue weighted by molar-refractivity contribution is 6.17. The van der Waals surface area contributed by atoms with Crippen LogP contribution >= 0.6 is 0 Å². The van der Waals surface area contributed by atoms with Gasteiger partial charge in [-0.3, -0.25) is 0 Å². The molecule has 1 nitrogen and oxygen atoms in total. The fourth-order valence-electron chi connectivity index (χ4n) is 7.23. The number of para-hydroxylation sites is 1. The number of fused-ring (bicyclic) bond motifs is 5. The summed E-state index contributed by atoms with van der Waals surface area (Å²) in [7, 11) is 0. The molecule has 0 radical (unpaired) electrons. The van der Waals surface area contributed by atoms with Gasteiger partial charge in [-0.05, 0) is 108 Å². The molecule has 0 saturated heterocycles. The lowest BCUT2D eigenvalue weighted by molar-refractivity contribution is 1.28. The largest absolute Gasteiger partial charge is 0.311 e. The molecule has 0 aromatic heterocycles. The average molecular weight is 624 g/mol. The van der Waals surface area contributed by atoms with E-state index in [1.807, 2.05) is 0 Å². The Morgan fingerprint density at radius 3 is 1.37 bits per heavy atom. The maximum atomic E-state index is 2.33. The van der Waals surface area contributed by atoms with Crippen LogP contribution in [-0.4, -0.2) is 0 Å². The summed E-state index contributed by atoms with van der Waals surface area (Å²) in [4.78, 5) is 2.33. The third-order valence-corrected chi connectivity index (χ3v) is 9.66. The van der Waals surface area contributed by atoms with Gasteiger partial charge in [-0.2, -0.15) is 0 Å². The summed E-state index contributed by atoms with van der Waals surface area (Å²) >= 11 is 0. The standard InChI is InChI=1S/C48H33N/c1-3-11-35(12-4-1)43-16-9-10-17-44(43)37-21-28-42(29-22-37)49(40-14-5-2-6-15-40)41-26-19-34(20-27-41)38-24-30-46-39(33-38)25-32-47-45-18-8-7-13-36(45)23-31-48(46)47/h1-33H. The summed E-state index contributed by atoms with van der Waals surface area (Å²) < 4.78 is 0. The van der Waals surface area contributed by atoms with E-state index in [9.17, 15) is 0 Å². The van der Waals surface area contributed by atoms with E-state index in [1.165, 1.54) is 65.7 Å². The van der Waals surface area contributed by atoms with Crippen molar-refractivity contribution in [2.24, 2.45) is 0 Å². The summed E-state index contributed by atoms with van der Waals surface area (Å²) in [6, 6.07) is 72.3. The third-order valence-electron chi connectivity index (χ3n) is 9.66.